The summed E-state index contributed by atoms with van der Waals surface area (Å²) >= 11 is 0. The van der Waals surface area contributed by atoms with E-state index in [1.165, 1.54) is 12.8 Å². The number of H-pyrrole nitrogens is 1. The van der Waals surface area contributed by atoms with Gasteiger partial charge >= 0.3 is 6.03 Å². The second-order valence-electron chi connectivity index (χ2n) is 10.3. The van der Waals surface area contributed by atoms with Crippen LogP contribution in [0.2, 0.25) is 0 Å². The Labute approximate surface area is 208 Å². The van der Waals surface area contributed by atoms with Gasteiger partial charge in [-0.15, -0.1) is 0 Å². The molecule has 1 aliphatic carbocycles. The molecule has 1 saturated heterocycles. The number of aromatic nitrogens is 3. The maximum Gasteiger partial charge on any atom is 0.321 e. The van der Waals surface area contributed by atoms with Crippen LogP contribution in [-0.2, 0) is 12.1 Å². The Bertz CT molecular complexity index is 1060. The second kappa shape index (κ2) is 9.60. The Morgan fingerprint density at radius 2 is 1.89 bits per heavy atom. The van der Waals surface area contributed by atoms with Crippen LogP contribution in [0.1, 0.15) is 82.0 Å². The highest BCUT2D eigenvalue weighted by molar-refractivity contribution is 6.02. The summed E-state index contributed by atoms with van der Waals surface area (Å²) in [7, 11) is 2.20. The van der Waals surface area contributed by atoms with E-state index in [0.29, 0.717) is 18.1 Å². The van der Waals surface area contributed by atoms with E-state index in [9.17, 15) is 9.59 Å². The molecule has 190 valence electrons. The average Bonchev–Trinajstić information content (AvgIpc) is 3.55. The van der Waals surface area contributed by atoms with Gasteiger partial charge in [0.05, 0.1) is 17.8 Å². The van der Waals surface area contributed by atoms with Crippen molar-refractivity contribution in [2.24, 2.45) is 0 Å². The third-order valence-electron chi connectivity index (χ3n) is 7.95. The number of carbonyl (C=O) groups is 2. The zero-order valence-electron chi connectivity index (χ0n) is 21.9. The smallest absolute Gasteiger partial charge is 0.319 e. The lowest BCUT2D eigenvalue weighted by atomic mass is 9.90. The number of likely N-dealkylation sites (N-methyl/N-ethyl adjacent to an activating group) is 1. The second-order valence-corrected chi connectivity index (χ2v) is 10.3. The summed E-state index contributed by atoms with van der Waals surface area (Å²) in [6.07, 6.45) is 6.34. The van der Waals surface area contributed by atoms with Crippen LogP contribution in [0, 0.1) is 0 Å². The fraction of sp³-hybridized carbons (Fsp3) is 0.615. The van der Waals surface area contributed by atoms with Crippen molar-refractivity contribution >= 4 is 17.8 Å². The van der Waals surface area contributed by atoms with Gasteiger partial charge in [0.1, 0.15) is 5.69 Å². The summed E-state index contributed by atoms with van der Waals surface area (Å²) in [5.41, 5.74) is 1.59. The Balaban J connectivity index is 0.00000141. The summed E-state index contributed by atoms with van der Waals surface area (Å²) in [6, 6.07) is 5.40. The Morgan fingerprint density at radius 3 is 2.54 bits per heavy atom. The highest BCUT2D eigenvalue weighted by Gasteiger charge is 2.50. The van der Waals surface area contributed by atoms with Crippen LogP contribution in [0.5, 0.6) is 0 Å². The molecule has 35 heavy (non-hydrogen) atoms. The quantitative estimate of drug-likeness (QED) is 0.670. The molecule has 2 aliphatic heterocycles. The number of urea groups is 1. The van der Waals surface area contributed by atoms with Gasteiger partial charge in [-0.1, -0.05) is 32.8 Å². The van der Waals surface area contributed by atoms with E-state index in [0.717, 1.165) is 37.2 Å². The van der Waals surface area contributed by atoms with E-state index in [1.807, 2.05) is 32.6 Å². The molecule has 1 saturated carbocycles. The number of hydrogen-bond acceptors (Lipinski definition) is 5. The first-order valence-electron chi connectivity index (χ1n) is 12.8. The normalized spacial score (nSPS) is 22.5. The van der Waals surface area contributed by atoms with Gasteiger partial charge in [-0.2, -0.15) is 5.10 Å². The monoisotopic (exact) mass is 481 g/mol. The lowest BCUT2D eigenvalue weighted by Crippen LogP contribution is -2.66. The van der Waals surface area contributed by atoms with Gasteiger partial charge in [0, 0.05) is 36.4 Å². The Kier molecular flexibility index (Phi) is 6.90. The average molecular weight is 482 g/mol. The predicted molar refractivity (Wildman–Crippen MR) is 136 cm³/mol. The van der Waals surface area contributed by atoms with Gasteiger partial charge in [-0.25, -0.2) is 4.79 Å². The number of aromatic amines is 1. The summed E-state index contributed by atoms with van der Waals surface area (Å²) in [4.78, 5) is 37.1. The highest BCUT2D eigenvalue weighted by Crippen LogP contribution is 2.43. The number of pyridine rings is 1. The van der Waals surface area contributed by atoms with Crippen molar-refractivity contribution < 1.29 is 9.59 Å². The number of anilines is 1. The van der Waals surface area contributed by atoms with Gasteiger partial charge in [0.25, 0.3) is 5.91 Å². The van der Waals surface area contributed by atoms with Crippen molar-refractivity contribution in [3.05, 3.63) is 41.3 Å². The molecule has 0 bridgehead atoms. The summed E-state index contributed by atoms with van der Waals surface area (Å²) in [5, 5.41) is 10.3. The van der Waals surface area contributed by atoms with Crippen molar-refractivity contribution in [2.75, 3.05) is 25.5 Å². The molecule has 3 aliphatic rings. The molecule has 2 aromatic heterocycles. The van der Waals surface area contributed by atoms with Gasteiger partial charge in [-0.05, 0) is 52.8 Å². The minimum absolute atomic E-state index is 0.0541. The zero-order valence-corrected chi connectivity index (χ0v) is 21.9. The first kappa shape index (κ1) is 25.2. The molecule has 5 rings (SSSR count). The van der Waals surface area contributed by atoms with Crippen LogP contribution in [-0.4, -0.2) is 73.5 Å². The molecule has 0 aromatic carbocycles. The van der Waals surface area contributed by atoms with E-state index in [2.05, 4.69) is 44.3 Å². The molecule has 2 N–H and O–H groups in total. The Hall–Kier alpha value is -2.94. The van der Waals surface area contributed by atoms with Crippen LogP contribution in [0.15, 0.2) is 24.4 Å². The highest BCUT2D eigenvalue weighted by atomic mass is 16.2. The molecular formula is C26H39N7O2. The van der Waals surface area contributed by atoms with Crippen LogP contribution in [0.3, 0.4) is 0 Å². The predicted octanol–water partition coefficient (Wildman–Crippen LogP) is 4.20. The molecule has 1 spiro atoms. The lowest BCUT2D eigenvalue weighted by molar-refractivity contribution is -0.00744. The van der Waals surface area contributed by atoms with E-state index >= 15 is 0 Å². The van der Waals surface area contributed by atoms with Crippen LogP contribution in [0.25, 0.3) is 0 Å². The molecule has 2 fully saturated rings. The fourth-order valence-corrected chi connectivity index (χ4v) is 5.86. The van der Waals surface area contributed by atoms with E-state index in [4.69, 9.17) is 0 Å². The number of rotatable bonds is 2. The molecule has 9 heteroatoms. The standard InChI is InChI=1S/C24H33N7O2.C2H6/c1-16-13-29(4)24(10-6-7-11-24)15-30(16)22(33)31-14-17-19(23(31,2)3)27-28-20(17)26-21(32)18-9-5-8-12-25-18;1-2/h5,8-9,12,16H,6-7,10-11,13-15H2,1-4H3,(H2,26,27,28,32);1-2H3. The first-order valence-corrected chi connectivity index (χ1v) is 12.8. The minimum atomic E-state index is -0.556. The summed E-state index contributed by atoms with van der Waals surface area (Å²) in [5.74, 6) is 0.145. The van der Waals surface area contributed by atoms with Crippen molar-refractivity contribution in [1.82, 2.24) is 29.9 Å². The lowest BCUT2D eigenvalue weighted by Gasteiger charge is -2.52. The maximum absolute atomic E-state index is 13.9. The fourth-order valence-electron chi connectivity index (χ4n) is 5.86. The largest absolute Gasteiger partial charge is 0.321 e. The third kappa shape index (κ3) is 4.30. The number of hydrogen-bond donors (Lipinski definition) is 2. The van der Waals surface area contributed by atoms with E-state index < -0.39 is 5.54 Å². The number of fused-ring (bicyclic) bond motifs is 1. The molecular weight excluding hydrogens is 442 g/mol. The van der Waals surface area contributed by atoms with Crippen molar-refractivity contribution in [2.45, 2.75) is 84.0 Å². The number of piperazine rings is 1. The number of nitrogens with one attached hydrogen (secondary N) is 2. The third-order valence-corrected chi connectivity index (χ3v) is 7.95. The zero-order chi connectivity index (χ0) is 25.4. The maximum atomic E-state index is 13.9. The van der Waals surface area contributed by atoms with Gasteiger partial charge in [0.15, 0.2) is 5.82 Å². The molecule has 2 aromatic rings. The van der Waals surface area contributed by atoms with E-state index in [1.54, 1.807) is 24.4 Å². The number of amides is 3. The van der Waals surface area contributed by atoms with Crippen LogP contribution >= 0.6 is 0 Å². The van der Waals surface area contributed by atoms with E-state index in [-0.39, 0.29) is 23.5 Å². The topological polar surface area (TPSA) is 97.5 Å². The molecule has 1 unspecified atom stereocenters. The molecule has 3 amide bonds. The SMILES string of the molecule is CC.CC1CN(C)C2(CCCC2)CN1C(=O)N1Cc2c(NC(=O)c3ccccn3)n[nH]c2C1(C)C. The summed E-state index contributed by atoms with van der Waals surface area (Å²) in [6.45, 7) is 12.3. The van der Waals surface area contributed by atoms with Gasteiger partial charge < -0.3 is 15.1 Å². The number of carbonyl (C=O) groups excluding carboxylic acids is 2. The molecule has 9 nitrogen and oxygen atoms in total. The Morgan fingerprint density at radius 1 is 1.17 bits per heavy atom. The van der Waals surface area contributed by atoms with Crippen LogP contribution < -0.4 is 5.32 Å². The molecule has 4 heterocycles. The molecule has 0 radical (unpaired) electrons. The minimum Gasteiger partial charge on any atom is -0.319 e. The van der Waals surface area contributed by atoms with Crippen LogP contribution in [0.4, 0.5) is 10.6 Å². The summed E-state index contributed by atoms with van der Waals surface area (Å²) < 4.78 is 0. The van der Waals surface area contributed by atoms with Gasteiger partial charge in [0.2, 0.25) is 0 Å². The van der Waals surface area contributed by atoms with Crippen molar-refractivity contribution in [3.63, 3.8) is 0 Å². The van der Waals surface area contributed by atoms with Crippen molar-refractivity contribution in [1.29, 1.82) is 0 Å². The van der Waals surface area contributed by atoms with Crippen molar-refractivity contribution in [3.8, 4) is 0 Å². The first-order chi connectivity index (χ1) is 16.7. The molecule has 1 atom stereocenters. The van der Waals surface area contributed by atoms with Gasteiger partial charge in [-0.3, -0.25) is 19.8 Å². The number of nitrogens with zero attached hydrogens (tertiary/aromatic N) is 5.